The quantitative estimate of drug-likeness (QED) is 0.160. The Morgan fingerprint density at radius 3 is 2.67 bits per heavy atom. The molecule has 7 nitrogen and oxygen atoms in total. The minimum absolute atomic E-state index is 0.00248. The number of ketones is 1. The van der Waals surface area contributed by atoms with Gasteiger partial charge in [-0.05, 0) is 100 Å². The molecule has 1 fully saturated rings. The predicted molar refractivity (Wildman–Crippen MR) is 172 cm³/mol. The van der Waals surface area contributed by atoms with E-state index >= 15 is 0 Å². The van der Waals surface area contributed by atoms with E-state index in [0.717, 1.165) is 48.1 Å². The van der Waals surface area contributed by atoms with Crippen LogP contribution in [0.3, 0.4) is 0 Å². The Hall–Kier alpha value is -1.91. The molecule has 0 saturated heterocycles. The summed E-state index contributed by atoms with van der Waals surface area (Å²) in [5, 5.41) is 43.4. The summed E-state index contributed by atoms with van der Waals surface area (Å²) < 4.78 is 5.27. The molecule has 0 radical (unpaired) electrons. The van der Waals surface area contributed by atoms with Gasteiger partial charge < -0.3 is 25.2 Å². The first-order valence-electron chi connectivity index (χ1n) is 15.8. The maximum absolute atomic E-state index is 14.1. The van der Waals surface area contributed by atoms with Crippen LogP contribution in [0.25, 0.3) is 0 Å². The molecule has 43 heavy (non-hydrogen) atoms. The van der Waals surface area contributed by atoms with Crippen LogP contribution in [0.2, 0.25) is 0 Å². The molecular formula is C35H51NO6S. The van der Waals surface area contributed by atoms with Crippen LogP contribution in [0.5, 0.6) is 0 Å². The second-order valence-electron chi connectivity index (χ2n) is 13.1. The molecular weight excluding hydrogens is 562 g/mol. The van der Waals surface area contributed by atoms with Crippen molar-refractivity contribution in [3.63, 3.8) is 0 Å². The van der Waals surface area contributed by atoms with Crippen LogP contribution in [0.4, 0.5) is 0 Å². The standard InChI is InChI=1S/C35H51NO6S/c1-24-7-5-15-34(3)31(14-16-35(34,41)23-36(17-6-18-42-4)21-28(39)22-37)29-12-10-26(19-27(38)11-8-24)20-30(29)33(40)32-13-9-25(2)43-32/h7,9-10,12-13,20,27-28,31,37-39,41H,5-6,8,11,14-19,21-23H2,1-4H3/t27-,28-,31-,34-,35+/m0/s1. The lowest BCUT2D eigenvalue weighted by molar-refractivity contribution is -0.0898. The largest absolute Gasteiger partial charge is 0.394 e. The molecule has 1 heterocycles. The second kappa shape index (κ2) is 14.9. The molecule has 3 aliphatic rings. The van der Waals surface area contributed by atoms with Gasteiger partial charge >= 0.3 is 0 Å². The number of rotatable bonds is 11. The summed E-state index contributed by atoms with van der Waals surface area (Å²) in [4.78, 5) is 17.9. The average molecular weight is 614 g/mol. The van der Waals surface area contributed by atoms with Crippen molar-refractivity contribution < 1.29 is 30.0 Å². The van der Waals surface area contributed by atoms with Gasteiger partial charge in [0.05, 0.1) is 29.3 Å². The minimum atomic E-state index is -1.08. The number of carbonyl (C=O) groups excluding carboxylic acids is 1. The number of nitrogens with zero attached hydrogens (tertiary/aromatic N) is 1. The third-order valence-electron chi connectivity index (χ3n) is 9.87. The van der Waals surface area contributed by atoms with Gasteiger partial charge in [-0.25, -0.2) is 0 Å². The molecule has 2 aromatic rings. The number of aliphatic hydroxyl groups excluding tert-OH is 3. The van der Waals surface area contributed by atoms with E-state index in [9.17, 15) is 25.2 Å². The van der Waals surface area contributed by atoms with Crippen LogP contribution in [0.1, 0.15) is 96.0 Å². The van der Waals surface area contributed by atoms with E-state index < -0.39 is 23.2 Å². The Balaban J connectivity index is 1.78. The van der Waals surface area contributed by atoms with Gasteiger partial charge in [-0.15, -0.1) is 11.3 Å². The number of benzene rings is 1. The van der Waals surface area contributed by atoms with E-state index in [1.54, 1.807) is 7.11 Å². The van der Waals surface area contributed by atoms with Gasteiger partial charge in [0.25, 0.3) is 0 Å². The fourth-order valence-corrected chi connectivity index (χ4v) is 8.10. The van der Waals surface area contributed by atoms with Gasteiger partial charge in [0.1, 0.15) is 0 Å². The molecule has 1 saturated carbocycles. The number of methoxy groups -OCH3 is 1. The highest BCUT2D eigenvalue weighted by Crippen LogP contribution is 2.59. The maximum atomic E-state index is 14.1. The van der Waals surface area contributed by atoms with Gasteiger partial charge in [-0.2, -0.15) is 0 Å². The Morgan fingerprint density at radius 2 is 1.98 bits per heavy atom. The normalized spacial score (nSPS) is 27.1. The van der Waals surface area contributed by atoms with E-state index in [4.69, 9.17) is 4.74 Å². The lowest BCUT2D eigenvalue weighted by atomic mass is 9.64. The molecule has 5 atom stereocenters. The first kappa shape index (κ1) is 34.0. The lowest BCUT2D eigenvalue weighted by Gasteiger charge is -2.46. The minimum Gasteiger partial charge on any atom is -0.394 e. The fourth-order valence-electron chi connectivity index (χ4n) is 7.28. The molecule has 1 aromatic carbocycles. The van der Waals surface area contributed by atoms with Crippen molar-refractivity contribution in [2.75, 3.05) is 40.0 Å². The SMILES string of the molecule is COCCCN(C[C@H](O)CO)C[C@]1(O)CC[C@H]2c3ccc(cc3C(=O)c3ccc(C)s3)C[C@@H](O)CCC(C)=CCC[C@@]21C. The maximum Gasteiger partial charge on any atom is 0.203 e. The number of hydrogen-bond acceptors (Lipinski definition) is 8. The Labute approximate surface area is 261 Å². The number of carbonyl (C=O) groups is 1. The van der Waals surface area contributed by atoms with Crippen molar-refractivity contribution in [3.05, 3.63) is 68.4 Å². The molecule has 8 heteroatoms. The molecule has 0 aliphatic heterocycles. The van der Waals surface area contributed by atoms with Gasteiger partial charge in [-0.1, -0.05) is 30.7 Å². The highest BCUT2D eigenvalue weighted by Gasteiger charge is 2.57. The molecule has 5 rings (SSSR count). The summed E-state index contributed by atoms with van der Waals surface area (Å²) >= 11 is 1.50. The highest BCUT2D eigenvalue weighted by atomic mass is 32.1. The Morgan fingerprint density at radius 1 is 1.19 bits per heavy atom. The summed E-state index contributed by atoms with van der Waals surface area (Å²) in [5.74, 6) is -0.0611. The van der Waals surface area contributed by atoms with Crippen LogP contribution >= 0.6 is 11.3 Å². The number of thiophene rings is 1. The number of allylic oxidation sites excluding steroid dienone is 2. The zero-order valence-electron chi connectivity index (χ0n) is 26.3. The van der Waals surface area contributed by atoms with Crippen LogP contribution < -0.4 is 0 Å². The molecule has 4 N–H and O–H groups in total. The van der Waals surface area contributed by atoms with Crippen LogP contribution in [-0.2, 0) is 11.2 Å². The van der Waals surface area contributed by atoms with Crippen molar-refractivity contribution in [1.82, 2.24) is 4.90 Å². The summed E-state index contributed by atoms with van der Waals surface area (Å²) in [7, 11) is 1.66. The van der Waals surface area contributed by atoms with Crippen molar-refractivity contribution in [2.24, 2.45) is 5.41 Å². The average Bonchev–Trinajstić information content (AvgIpc) is 3.51. The van der Waals surface area contributed by atoms with E-state index in [1.807, 2.05) is 25.1 Å². The van der Waals surface area contributed by atoms with E-state index in [0.29, 0.717) is 49.4 Å². The third kappa shape index (κ3) is 8.03. The third-order valence-corrected chi connectivity index (χ3v) is 10.9. The van der Waals surface area contributed by atoms with Crippen LogP contribution in [0, 0.1) is 12.3 Å². The molecule has 2 bridgehead atoms. The van der Waals surface area contributed by atoms with Gasteiger partial charge in [0.2, 0.25) is 5.78 Å². The van der Waals surface area contributed by atoms with E-state index in [-0.39, 0.29) is 24.9 Å². The summed E-state index contributed by atoms with van der Waals surface area (Å²) in [5.41, 5.74) is 2.19. The van der Waals surface area contributed by atoms with Crippen molar-refractivity contribution in [1.29, 1.82) is 0 Å². The molecule has 238 valence electrons. The first-order chi connectivity index (χ1) is 20.5. The number of fused-ring (bicyclic) bond motifs is 8. The lowest BCUT2D eigenvalue weighted by Crippen LogP contribution is -2.54. The smallest absolute Gasteiger partial charge is 0.203 e. The fraction of sp³-hybridized carbons (Fsp3) is 0.629. The van der Waals surface area contributed by atoms with Crippen LogP contribution in [-0.4, -0.2) is 88.9 Å². The van der Waals surface area contributed by atoms with E-state index in [2.05, 4.69) is 37.0 Å². The Bertz CT molecular complexity index is 1260. The van der Waals surface area contributed by atoms with Gasteiger partial charge in [0, 0.05) is 49.2 Å². The topological polar surface area (TPSA) is 110 Å². The zero-order chi connectivity index (χ0) is 31.2. The molecule has 0 spiro atoms. The van der Waals surface area contributed by atoms with Gasteiger partial charge in [-0.3, -0.25) is 9.69 Å². The second-order valence-corrected chi connectivity index (χ2v) is 14.4. The number of hydrogen-bond donors (Lipinski definition) is 4. The van der Waals surface area contributed by atoms with Gasteiger partial charge in [0.15, 0.2) is 0 Å². The van der Waals surface area contributed by atoms with Crippen molar-refractivity contribution in [3.8, 4) is 0 Å². The number of ether oxygens (including phenoxy) is 1. The summed E-state index contributed by atoms with van der Waals surface area (Å²) in [6, 6.07) is 9.98. The summed E-state index contributed by atoms with van der Waals surface area (Å²) in [6.45, 7) is 7.79. The monoisotopic (exact) mass is 613 g/mol. The summed E-state index contributed by atoms with van der Waals surface area (Å²) in [6.07, 6.45) is 6.38. The molecule has 1 aromatic heterocycles. The first-order valence-corrected chi connectivity index (χ1v) is 16.6. The molecule has 0 amide bonds. The zero-order valence-corrected chi connectivity index (χ0v) is 27.2. The number of aliphatic hydroxyl groups is 4. The molecule has 0 unspecified atom stereocenters. The van der Waals surface area contributed by atoms with Crippen molar-refractivity contribution in [2.45, 2.75) is 95.9 Å². The number of aryl methyl sites for hydroxylation is 1. The Kier molecular flexibility index (Phi) is 11.8. The van der Waals surface area contributed by atoms with Crippen molar-refractivity contribution >= 4 is 17.1 Å². The molecule has 3 aliphatic carbocycles. The predicted octanol–water partition coefficient (Wildman–Crippen LogP) is 5.02. The highest BCUT2D eigenvalue weighted by molar-refractivity contribution is 7.14. The van der Waals surface area contributed by atoms with E-state index in [1.165, 1.54) is 16.9 Å². The van der Waals surface area contributed by atoms with Crippen LogP contribution in [0.15, 0.2) is 42.0 Å².